The van der Waals surface area contributed by atoms with E-state index in [1.807, 2.05) is 0 Å². The zero-order valence-electron chi connectivity index (χ0n) is 7.84. The predicted molar refractivity (Wildman–Crippen MR) is 48.7 cm³/mol. The van der Waals surface area contributed by atoms with Crippen molar-refractivity contribution in [1.82, 2.24) is 5.01 Å². The van der Waals surface area contributed by atoms with E-state index in [9.17, 15) is 8.78 Å². The molecule has 78 valence electrons. The molecule has 2 N–H and O–H groups in total. The van der Waals surface area contributed by atoms with Crippen molar-refractivity contribution in [1.29, 1.82) is 0 Å². The van der Waals surface area contributed by atoms with E-state index < -0.39 is 11.6 Å². The zero-order valence-corrected chi connectivity index (χ0v) is 7.84. The standard InChI is InChI=1S/C9H12F2N2O/c1-13(12)4-5-14-9-3-2-7(10)6-8(9)11/h2-3,6H,4-5,12H2,1H3. The van der Waals surface area contributed by atoms with Crippen molar-refractivity contribution in [2.24, 2.45) is 5.84 Å². The van der Waals surface area contributed by atoms with Gasteiger partial charge in [-0.25, -0.2) is 13.8 Å². The van der Waals surface area contributed by atoms with E-state index >= 15 is 0 Å². The summed E-state index contributed by atoms with van der Waals surface area (Å²) in [6.07, 6.45) is 0. The number of nitrogens with zero attached hydrogens (tertiary/aromatic N) is 1. The Kier molecular flexibility index (Phi) is 3.79. The lowest BCUT2D eigenvalue weighted by atomic mass is 10.3. The third-order valence-electron chi connectivity index (χ3n) is 1.60. The third kappa shape index (κ3) is 3.27. The number of nitrogens with two attached hydrogens (primary N) is 1. The van der Waals surface area contributed by atoms with Crippen LogP contribution in [0.2, 0.25) is 0 Å². The lowest BCUT2D eigenvalue weighted by molar-refractivity contribution is 0.233. The number of hydrazine groups is 1. The van der Waals surface area contributed by atoms with E-state index in [1.54, 1.807) is 7.05 Å². The first-order valence-electron chi connectivity index (χ1n) is 4.13. The van der Waals surface area contributed by atoms with Gasteiger partial charge in [0.05, 0.1) is 0 Å². The van der Waals surface area contributed by atoms with Gasteiger partial charge in [0.1, 0.15) is 12.4 Å². The number of rotatable bonds is 4. The topological polar surface area (TPSA) is 38.5 Å². The molecular weight excluding hydrogens is 190 g/mol. The molecule has 0 heterocycles. The molecule has 0 fully saturated rings. The second kappa shape index (κ2) is 4.88. The van der Waals surface area contributed by atoms with E-state index in [4.69, 9.17) is 10.6 Å². The fourth-order valence-electron chi connectivity index (χ4n) is 0.892. The molecule has 5 heteroatoms. The summed E-state index contributed by atoms with van der Waals surface area (Å²) < 4.78 is 30.5. The van der Waals surface area contributed by atoms with Crippen molar-refractivity contribution < 1.29 is 13.5 Å². The van der Waals surface area contributed by atoms with Crippen LogP contribution in [0.4, 0.5) is 8.78 Å². The van der Waals surface area contributed by atoms with Crippen molar-refractivity contribution in [3.05, 3.63) is 29.8 Å². The summed E-state index contributed by atoms with van der Waals surface area (Å²) >= 11 is 0. The summed E-state index contributed by atoms with van der Waals surface area (Å²) in [5, 5.41) is 1.42. The molecule has 0 saturated heterocycles. The zero-order chi connectivity index (χ0) is 10.6. The Hall–Kier alpha value is -1.20. The molecule has 0 aliphatic rings. The molecule has 1 aromatic rings. The van der Waals surface area contributed by atoms with Gasteiger partial charge in [-0.2, -0.15) is 0 Å². The monoisotopic (exact) mass is 202 g/mol. The van der Waals surface area contributed by atoms with E-state index in [0.717, 1.165) is 12.1 Å². The molecule has 0 atom stereocenters. The maximum absolute atomic E-state index is 13.0. The number of halogens is 2. The highest BCUT2D eigenvalue weighted by molar-refractivity contribution is 5.24. The van der Waals surface area contributed by atoms with Gasteiger partial charge in [-0.3, -0.25) is 5.84 Å². The van der Waals surface area contributed by atoms with Gasteiger partial charge in [-0.1, -0.05) is 0 Å². The second-order valence-corrected chi connectivity index (χ2v) is 2.90. The van der Waals surface area contributed by atoms with Gasteiger partial charge in [0.2, 0.25) is 0 Å². The van der Waals surface area contributed by atoms with Gasteiger partial charge in [0, 0.05) is 19.7 Å². The minimum atomic E-state index is -0.704. The molecule has 1 rings (SSSR count). The van der Waals surface area contributed by atoms with Gasteiger partial charge in [0.15, 0.2) is 11.6 Å². The highest BCUT2D eigenvalue weighted by atomic mass is 19.1. The number of hydrogen-bond donors (Lipinski definition) is 1. The molecule has 0 aliphatic carbocycles. The van der Waals surface area contributed by atoms with Crippen LogP contribution in [0.25, 0.3) is 0 Å². The second-order valence-electron chi connectivity index (χ2n) is 2.90. The highest BCUT2D eigenvalue weighted by Crippen LogP contribution is 2.17. The van der Waals surface area contributed by atoms with Crippen LogP contribution in [0.1, 0.15) is 0 Å². The largest absolute Gasteiger partial charge is 0.489 e. The Morgan fingerprint density at radius 2 is 2.14 bits per heavy atom. The van der Waals surface area contributed by atoms with Crippen molar-refractivity contribution >= 4 is 0 Å². The van der Waals surface area contributed by atoms with Crippen molar-refractivity contribution in [3.8, 4) is 5.75 Å². The summed E-state index contributed by atoms with van der Waals surface area (Å²) in [6, 6.07) is 3.17. The van der Waals surface area contributed by atoms with Crippen LogP contribution in [-0.2, 0) is 0 Å². The Morgan fingerprint density at radius 3 is 2.71 bits per heavy atom. The lowest BCUT2D eigenvalue weighted by Crippen LogP contribution is -2.30. The van der Waals surface area contributed by atoms with Gasteiger partial charge in [0.25, 0.3) is 0 Å². The molecular formula is C9H12F2N2O. The first-order valence-corrected chi connectivity index (χ1v) is 4.13. The van der Waals surface area contributed by atoms with Crippen LogP contribution >= 0.6 is 0 Å². The van der Waals surface area contributed by atoms with Crippen LogP contribution in [0, 0.1) is 11.6 Å². The SMILES string of the molecule is CN(N)CCOc1ccc(F)cc1F. The van der Waals surface area contributed by atoms with Gasteiger partial charge < -0.3 is 4.74 Å². The number of ether oxygens (including phenoxy) is 1. The summed E-state index contributed by atoms with van der Waals surface area (Å²) in [7, 11) is 1.67. The molecule has 0 aromatic heterocycles. The van der Waals surface area contributed by atoms with Crippen LogP contribution < -0.4 is 10.6 Å². The quantitative estimate of drug-likeness (QED) is 0.588. The van der Waals surface area contributed by atoms with Crippen molar-refractivity contribution in [2.45, 2.75) is 0 Å². The van der Waals surface area contributed by atoms with Crippen LogP contribution in [0.5, 0.6) is 5.75 Å². The maximum atomic E-state index is 13.0. The Morgan fingerprint density at radius 1 is 1.43 bits per heavy atom. The summed E-state index contributed by atoms with van der Waals surface area (Å²) in [5.74, 6) is 4.03. The minimum Gasteiger partial charge on any atom is -0.489 e. The number of benzene rings is 1. The van der Waals surface area contributed by atoms with E-state index in [2.05, 4.69) is 0 Å². The normalized spacial score (nSPS) is 10.6. The first kappa shape index (κ1) is 10.9. The van der Waals surface area contributed by atoms with E-state index in [-0.39, 0.29) is 12.4 Å². The molecule has 14 heavy (non-hydrogen) atoms. The summed E-state index contributed by atoms with van der Waals surface area (Å²) in [6.45, 7) is 0.729. The van der Waals surface area contributed by atoms with E-state index in [0.29, 0.717) is 6.54 Å². The van der Waals surface area contributed by atoms with Crippen LogP contribution in [-0.4, -0.2) is 25.2 Å². The molecule has 0 aliphatic heterocycles. The molecule has 0 unspecified atom stereocenters. The van der Waals surface area contributed by atoms with Crippen LogP contribution in [0.15, 0.2) is 18.2 Å². The fraction of sp³-hybridized carbons (Fsp3) is 0.333. The Bertz CT molecular complexity index is 305. The highest BCUT2D eigenvalue weighted by Gasteiger charge is 2.04. The maximum Gasteiger partial charge on any atom is 0.167 e. The fourth-order valence-corrected chi connectivity index (χ4v) is 0.892. The molecule has 0 radical (unpaired) electrons. The summed E-state index contributed by atoms with van der Waals surface area (Å²) in [4.78, 5) is 0. The Balaban J connectivity index is 2.51. The average Bonchev–Trinajstić information content (AvgIpc) is 2.08. The molecule has 0 spiro atoms. The van der Waals surface area contributed by atoms with Crippen LogP contribution in [0.3, 0.4) is 0 Å². The number of hydrogen-bond acceptors (Lipinski definition) is 3. The first-order chi connectivity index (χ1) is 6.59. The molecule has 0 amide bonds. The van der Waals surface area contributed by atoms with Gasteiger partial charge in [-0.05, 0) is 12.1 Å². The predicted octanol–water partition coefficient (Wildman–Crippen LogP) is 1.15. The molecule has 3 nitrogen and oxygen atoms in total. The number of likely N-dealkylation sites (N-methyl/N-ethyl adjacent to an activating group) is 1. The van der Waals surface area contributed by atoms with Gasteiger partial charge >= 0.3 is 0 Å². The third-order valence-corrected chi connectivity index (χ3v) is 1.60. The lowest BCUT2D eigenvalue weighted by Gasteiger charge is -2.11. The summed E-state index contributed by atoms with van der Waals surface area (Å²) in [5.41, 5.74) is 0. The van der Waals surface area contributed by atoms with E-state index in [1.165, 1.54) is 11.1 Å². The molecule has 0 saturated carbocycles. The van der Waals surface area contributed by atoms with Gasteiger partial charge in [-0.15, -0.1) is 0 Å². The minimum absolute atomic E-state index is 0.0354. The molecule has 0 bridgehead atoms. The van der Waals surface area contributed by atoms with Crippen molar-refractivity contribution in [2.75, 3.05) is 20.2 Å². The molecule has 1 aromatic carbocycles. The Labute approximate surface area is 81.0 Å². The smallest absolute Gasteiger partial charge is 0.167 e. The average molecular weight is 202 g/mol. The van der Waals surface area contributed by atoms with Crippen molar-refractivity contribution in [3.63, 3.8) is 0 Å².